The quantitative estimate of drug-likeness (QED) is 0.641. The van der Waals surface area contributed by atoms with Crippen molar-refractivity contribution in [1.82, 2.24) is 4.98 Å². The normalized spacial score (nSPS) is 11.9. The number of nitrogens with one attached hydrogen (secondary N) is 1. The highest BCUT2D eigenvalue weighted by Gasteiger charge is 1.91. The first-order valence-corrected chi connectivity index (χ1v) is 3.77. The Morgan fingerprint density at radius 1 is 1.64 bits per heavy atom. The summed E-state index contributed by atoms with van der Waals surface area (Å²) in [6.45, 7) is 9.71. The van der Waals surface area contributed by atoms with Gasteiger partial charge in [-0.15, -0.1) is 0 Å². The second-order valence-corrected chi connectivity index (χ2v) is 2.46. The fourth-order valence-corrected chi connectivity index (χ4v) is 1.09. The van der Waals surface area contributed by atoms with Crippen LogP contribution in [0.5, 0.6) is 0 Å². The van der Waals surface area contributed by atoms with Crippen molar-refractivity contribution in [3.63, 3.8) is 0 Å². The van der Waals surface area contributed by atoms with Gasteiger partial charge in [0.1, 0.15) is 0 Å². The van der Waals surface area contributed by atoms with E-state index in [1.807, 2.05) is 12.3 Å². The van der Waals surface area contributed by atoms with E-state index < -0.39 is 0 Å². The Labute approximate surface area is 66.8 Å². The molecule has 0 unspecified atom stereocenters. The zero-order valence-electron chi connectivity index (χ0n) is 6.85. The van der Waals surface area contributed by atoms with Gasteiger partial charge in [0, 0.05) is 11.5 Å². The highest BCUT2D eigenvalue weighted by molar-refractivity contribution is 5.35. The number of aromatic amines is 1. The summed E-state index contributed by atoms with van der Waals surface area (Å²) in [7, 11) is 0. The highest BCUT2D eigenvalue weighted by atomic mass is 14.7. The second kappa shape index (κ2) is 3.24. The van der Waals surface area contributed by atoms with Crippen molar-refractivity contribution in [1.29, 1.82) is 0 Å². The van der Waals surface area contributed by atoms with Gasteiger partial charge in [-0.05, 0) is 23.3 Å². The number of hydrogen-bond donors (Lipinski definition) is 1. The van der Waals surface area contributed by atoms with E-state index in [-0.39, 0.29) is 0 Å². The monoisotopic (exact) mass is 147 g/mol. The molecule has 0 aliphatic heterocycles. The Balaban J connectivity index is 3.33. The zero-order chi connectivity index (χ0) is 8.27. The Morgan fingerprint density at radius 2 is 2.36 bits per heavy atom. The average molecular weight is 147 g/mol. The molecule has 1 rings (SSSR count). The van der Waals surface area contributed by atoms with Crippen LogP contribution in [0.2, 0.25) is 0 Å². The molecule has 0 atom stereocenters. The van der Waals surface area contributed by atoms with E-state index in [4.69, 9.17) is 0 Å². The fraction of sp³-hybridized carbons (Fsp3) is 0.200. The molecule has 58 valence electrons. The van der Waals surface area contributed by atoms with Crippen LogP contribution in [0.1, 0.15) is 12.5 Å². The molecule has 0 aliphatic rings. The van der Waals surface area contributed by atoms with Crippen LogP contribution in [-0.2, 0) is 6.42 Å². The van der Waals surface area contributed by atoms with Gasteiger partial charge >= 0.3 is 0 Å². The van der Waals surface area contributed by atoms with Gasteiger partial charge in [0.25, 0.3) is 0 Å². The molecule has 0 bridgehead atoms. The lowest BCUT2D eigenvalue weighted by molar-refractivity contribution is 1.13. The van der Waals surface area contributed by atoms with Crippen LogP contribution < -0.4 is 10.6 Å². The van der Waals surface area contributed by atoms with Gasteiger partial charge in [0.15, 0.2) is 0 Å². The number of aryl methyl sites for hydroxylation is 1. The SMILES string of the molecule is C=C/C=c1/[nH]cc(CC)c1=C. The van der Waals surface area contributed by atoms with Crippen molar-refractivity contribution in [3.05, 3.63) is 35.0 Å². The third-order valence-corrected chi connectivity index (χ3v) is 1.78. The molecule has 1 aromatic heterocycles. The molecule has 0 aromatic carbocycles. The van der Waals surface area contributed by atoms with E-state index >= 15 is 0 Å². The van der Waals surface area contributed by atoms with Gasteiger partial charge < -0.3 is 4.98 Å². The minimum absolute atomic E-state index is 1.03. The molecule has 1 nitrogen and oxygen atoms in total. The van der Waals surface area contributed by atoms with Crippen molar-refractivity contribution >= 4 is 12.7 Å². The standard InChI is InChI=1S/C10H13N/c1-4-6-10-8(3)9(5-2)7-11-10/h4,6-7,11H,1,3,5H2,2H3/b10-6+. The molecule has 0 fully saturated rings. The number of hydrogen-bond acceptors (Lipinski definition) is 0. The van der Waals surface area contributed by atoms with Crippen LogP contribution in [0.15, 0.2) is 18.9 Å². The first kappa shape index (κ1) is 7.86. The maximum Gasteiger partial charge on any atom is 0.0450 e. The molecule has 1 aromatic rings. The summed E-state index contributed by atoms with van der Waals surface area (Å²) in [5.74, 6) is 0. The maximum absolute atomic E-state index is 3.96. The molecule has 11 heavy (non-hydrogen) atoms. The van der Waals surface area contributed by atoms with Crippen molar-refractivity contribution in [3.8, 4) is 0 Å². The lowest BCUT2D eigenvalue weighted by atomic mass is 10.2. The smallest absolute Gasteiger partial charge is 0.0450 e. The Kier molecular flexibility index (Phi) is 2.32. The molecule has 0 saturated heterocycles. The Morgan fingerprint density at radius 3 is 2.82 bits per heavy atom. The number of H-pyrrole nitrogens is 1. The molecule has 0 saturated carbocycles. The van der Waals surface area contributed by atoms with Crippen molar-refractivity contribution in [2.24, 2.45) is 0 Å². The van der Waals surface area contributed by atoms with Gasteiger partial charge in [-0.3, -0.25) is 0 Å². The molecular weight excluding hydrogens is 134 g/mol. The fourth-order valence-electron chi connectivity index (χ4n) is 1.09. The van der Waals surface area contributed by atoms with Gasteiger partial charge in [0.05, 0.1) is 0 Å². The summed E-state index contributed by atoms with van der Waals surface area (Å²) in [6, 6.07) is 0. The van der Waals surface area contributed by atoms with Gasteiger partial charge in [0.2, 0.25) is 0 Å². The summed E-state index contributed by atoms with van der Waals surface area (Å²) >= 11 is 0. The lowest BCUT2D eigenvalue weighted by Gasteiger charge is -1.83. The summed E-state index contributed by atoms with van der Waals surface area (Å²) in [5.41, 5.74) is 1.28. The van der Waals surface area contributed by atoms with Crippen LogP contribution in [-0.4, -0.2) is 4.98 Å². The zero-order valence-corrected chi connectivity index (χ0v) is 6.85. The van der Waals surface area contributed by atoms with Crippen LogP contribution in [0.3, 0.4) is 0 Å². The van der Waals surface area contributed by atoms with Crippen LogP contribution in [0.25, 0.3) is 12.7 Å². The lowest BCUT2D eigenvalue weighted by Crippen LogP contribution is -2.22. The predicted molar refractivity (Wildman–Crippen MR) is 49.6 cm³/mol. The summed E-state index contributed by atoms with van der Waals surface area (Å²) < 4.78 is 0. The topological polar surface area (TPSA) is 15.8 Å². The molecular formula is C10H13N. The molecule has 0 aliphatic carbocycles. The van der Waals surface area contributed by atoms with Crippen LogP contribution in [0.4, 0.5) is 0 Å². The molecule has 0 radical (unpaired) electrons. The largest absolute Gasteiger partial charge is 0.361 e. The van der Waals surface area contributed by atoms with E-state index in [1.54, 1.807) is 6.08 Å². The molecule has 0 amide bonds. The minimum atomic E-state index is 1.03. The Hall–Kier alpha value is -1.24. The third-order valence-electron chi connectivity index (χ3n) is 1.78. The van der Waals surface area contributed by atoms with E-state index in [9.17, 15) is 0 Å². The van der Waals surface area contributed by atoms with Crippen molar-refractivity contribution < 1.29 is 0 Å². The van der Waals surface area contributed by atoms with Gasteiger partial charge in [-0.1, -0.05) is 26.2 Å². The van der Waals surface area contributed by atoms with E-state index in [0.29, 0.717) is 0 Å². The van der Waals surface area contributed by atoms with E-state index in [1.165, 1.54) is 5.56 Å². The summed E-state index contributed by atoms with van der Waals surface area (Å²) in [4.78, 5) is 3.14. The first-order valence-electron chi connectivity index (χ1n) is 3.77. The van der Waals surface area contributed by atoms with Crippen molar-refractivity contribution in [2.75, 3.05) is 0 Å². The summed E-state index contributed by atoms with van der Waals surface area (Å²) in [5, 5.41) is 2.16. The third kappa shape index (κ3) is 1.43. The molecule has 1 heteroatoms. The van der Waals surface area contributed by atoms with E-state index in [2.05, 4.69) is 25.1 Å². The molecule has 1 heterocycles. The van der Waals surface area contributed by atoms with Gasteiger partial charge in [-0.25, -0.2) is 0 Å². The van der Waals surface area contributed by atoms with Crippen LogP contribution >= 0.6 is 0 Å². The summed E-state index contributed by atoms with van der Waals surface area (Å²) in [6.07, 6.45) is 6.72. The number of aromatic nitrogens is 1. The van der Waals surface area contributed by atoms with Gasteiger partial charge in [-0.2, -0.15) is 0 Å². The average Bonchev–Trinajstić information content (AvgIpc) is 2.34. The van der Waals surface area contributed by atoms with Crippen LogP contribution in [0, 0.1) is 0 Å². The minimum Gasteiger partial charge on any atom is -0.361 e. The van der Waals surface area contributed by atoms with E-state index in [0.717, 1.165) is 17.0 Å². The number of rotatable bonds is 2. The maximum atomic E-state index is 3.96. The Bertz CT molecular complexity index is 343. The molecule has 1 N–H and O–H groups in total. The second-order valence-electron chi connectivity index (χ2n) is 2.46. The first-order chi connectivity index (χ1) is 5.29. The highest BCUT2D eigenvalue weighted by Crippen LogP contribution is 1.84. The predicted octanol–water partition coefficient (Wildman–Crippen LogP) is 0.954. The molecule has 0 spiro atoms. The van der Waals surface area contributed by atoms with Crippen molar-refractivity contribution in [2.45, 2.75) is 13.3 Å². The number of allylic oxidation sites excluding steroid dienone is 1.